The smallest absolute Gasteiger partial charge is 0.199 e. The van der Waals surface area contributed by atoms with E-state index in [1.165, 1.54) is 0 Å². The first-order chi connectivity index (χ1) is 13.2. The number of halogens is 2. The number of aliphatic imine (C=N–C) groups is 2. The van der Waals surface area contributed by atoms with Gasteiger partial charge in [0.05, 0.1) is 22.3 Å². The molecule has 1 aliphatic carbocycles. The Kier molecular flexibility index (Phi) is 5.61. The summed E-state index contributed by atoms with van der Waals surface area (Å²) < 4.78 is 0. The minimum Gasteiger partial charge on any atom is -0.369 e. The van der Waals surface area contributed by atoms with Crippen LogP contribution in [0.3, 0.4) is 0 Å². The van der Waals surface area contributed by atoms with Crippen molar-refractivity contribution in [3.05, 3.63) is 57.6 Å². The highest BCUT2D eigenvalue weighted by atomic mass is 35.5. The third kappa shape index (κ3) is 4.28. The van der Waals surface area contributed by atoms with Gasteiger partial charge in [0, 0.05) is 16.2 Å². The van der Waals surface area contributed by atoms with Crippen molar-refractivity contribution in [1.29, 1.82) is 5.26 Å². The molecule has 5 N–H and O–H groups in total. The summed E-state index contributed by atoms with van der Waals surface area (Å²) in [5, 5.41) is 13.4. The van der Waals surface area contributed by atoms with Crippen molar-refractivity contribution in [1.82, 2.24) is 0 Å². The Bertz CT molecular complexity index is 1020. The number of benzene rings is 2. The molecular formula is C20H20Cl2N6. The lowest BCUT2D eigenvalue weighted by Crippen LogP contribution is -2.25. The Morgan fingerprint density at radius 3 is 2.61 bits per heavy atom. The number of nitrogens with two attached hydrogens (primary N) is 2. The minimum absolute atomic E-state index is 0.144. The van der Waals surface area contributed by atoms with E-state index >= 15 is 0 Å². The fourth-order valence-electron chi connectivity index (χ4n) is 3.06. The molecule has 2 aromatic rings. The molecule has 0 saturated heterocycles. The zero-order valence-corrected chi connectivity index (χ0v) is 17.0. The average Bonchev–Trinajstić information content (AvgIpc) is 3.24. The van der Waals surface area contributed by atoms with Gasteiger partial charge in [-0.2, -0.15) is 5.26 Å². The number of rotatable bonds is 3. The molecule has 0 spiro atoms. The second kappa shape index (κ2) is 7.80. The predicted octanol–water partition coefficient (Wildman–Crippen LogP) is 4.54. The van der Waals surface area contributed by atoms with Crippen molar-refractivity contribution < 1.29 is 0 Å². The topological polar surface area (TPSA) is 113 Å². The standard InChI is InChI=1S/C20H20Cl2N6/c1-11-9-20(11,25)16-5-4-15(7-13(16)10-23)28-19(24)27-12(2)26-18-6-3-14(21)8-17(18)22/h3-8,11H,9,25H2,1-2H3,(H3,24,26,27,28). The Labute approximate surface area is 173 Å². The number of hydrogen-bond donors (Lipinski definition) is 3. The number of nitriles is 1. The van der Waals surface area contributed by atoms with Crippen LogP contribution in [0.15, 0.2) is 46.4 Å². The van der Waals surface area contributed by atoms with Gasteiger partial charge in [-0.05, 0) is 55.2 Å². The SMILES string of the molecule is CC(=Nc1ccc(Cl)cc1Cl)N=C(N)Nc1ccc(C2(N)CC2C)c(C#N)c1. The van der Waals surface area contributed by atoms with Crippen LogP contribution in [-0.4, -0.2) is 11.8 Å². The maximum absolute atomic E-state index is 9.47. The fourth-order valence-corrected chi connectivity index (χ4v) is 3.52. The molecule has 28 heavy (non-hydrogen) atoms. The molecule has 2 atom stereocenters. The van der Waals surface area contributed by atoms with Gasteiger partial charge >= 0.3 is 0 Å². The van der Waals surface area contributed by atoms with E-state index in [-0.39, 0.29) is 5.96 Å². The highest BCUT2D eigenvalue weighted by molar-refractivity contribution is 6.36. The van der Waals surface area contributed by atoms with Gasteiger partial charge in [-0.25, -0.2) is 9.98 Å². The molecule has 1 aliphatic rings. The second-order valence-corrected chi connectivity index (χ2v) is 7.74. The molecule has 3 rings (SSSR count). The van der Waals surface area contributed by atoms with Gasteiger partial charge < -0.3 is 16.8 Å². The van der Waals surface area contributed by atoms with Crippen LogP contribution < -0.4 is 16.8 Å². The number of anilines is 1. The maximum Gasteiger partial charge on any atom is 0.199 e. The summed E-state index contributed by atoms with van der Waals surface area (Å²) in [5.41, 5.74) is 14.5. The maximum atomic E-state index is 9.47. The van der Waals surface area contributed by atoms with Crippen molar-refractivity contribution in [2.45, 2.75) is 25.8 Å². The highest BCUT2D eigenvalue weighted by Crippen LogP contribution is 2.50. The first-order valence-electron chi connectivity index (χ1n) is 8.68. The largest absolute Gasteiger partial charge is 0.369 e. The van der Waals surface area contributed by atoms with Crippen molar-refractivity contribution in [3.8, 4) is 6.07 Å². The van der Waals surface area contributed by atoms with Crippen molar-refractivity contribution in [2.24, 2.45) is 27.4 Å². The fraction of sp³-hybridized carbons (Fsp3) is 0.250. The molecular weight excluding hydrogens is 395 g/mol. The molecule has 0 aromatic heterocycles. The van der Waals surface area contributed by atoms with E-state index in [9.17, 15) is 5.26 Å². The highest BCUT2D eigenvalue weighted by Gasteiger charge is 2.50. The minimum atomic E-state index is -0.412. The van der Waals surface area contributed by atoms with Crippen LogP contribution in [0.5, 0.6) is 0 Å². The summed E-state index contributed by atoms with van der Waals surface area (Å²) in [6, 6.07) is 12.6. The summed E-state index contributed by atoms with van der Waals surface area (Å²) in [6.45, 7) is 3.78. The molecule has 0 heterocycles. The molecule has 144 valence electrons. The lowest BCUT2D eigenvalue weighted by Gasteiger charge is -2.14. The van der Waals surface area contributed by atoms with Crippen LogP contribution in [-0.2, 0) is 5.54 Å². The first-order valence-corrected chi connectivity index (χ1v) is 9.43. The molecule has 0 amide bonds. The Morgan fingerprint density at radius 1 is 1.29 bits per heavy atom. The van der Waals surface area contributed by atoms with Crippen molar-refractivity contribution in [2.75, 3.05) is 5.32 Å². The Hall–Kier alpha value is -2.59. The van der Waals surface area contributed by atoms with Gasteiger partial charge in [0.25, 0.3) is 0 Å². The molecule has 0 aliphatic heterocycles. The second-order valence-electron chi connectivity index (χ2n) is 6.89. The predicted molar refractivity (Wildman–Crippen MR) is 115 cm³/mol. The van der Waals surface area contributed by atoms with E-state index in [1.807, 2.05) is 12.1 Å². The third-order valence-electron chi connectivity index (χ3n) is 4.75. The van der Waals surface area contributed by atoms with Crippen LogP contribution in [0.4, 0.5) is 11.4 Å². The first kappa shape index (κ1) is 20.2. The summed E-state index contributed by atoms with van der Waals surface area (Å²) in [4.78, 5) is 8.54. The van der Waals surface area contributed by atoms with Gasteiger partial charge in [0.2, 0.25) is 0 Å². The van der Waals surface area contributed by atoms with Crippen LogP contribution in [0.25, 0.3) is 0 Å². The van der Waals surface area contributed by atoms with Gasteiger partial charge in [0.1, 0.15) is 5.84 Å². The van der Waals surface area contributed by atoms with Crippen LogP contribution >= 0.6 is 23.2 Å². The third-order valence-corrected chi connectivity index (χ3v) is 5.29. The van der Waals surface area contributed by atoms with Gasteiger partial charge in [-0.3, -0.25) is 0 Å². The molecule has 0 radical (unpaired) electrons. The quantitative estimate of drug-likeness (QED) is 0.505. The van der Waals surface area contributed by atoms with E-state index in [1.54, 1.807) is 31.2 Å². The van der Waals surface area contributed by atoms with Crippen molar-refractivity contribution in [3.63, 3.8) is 0 Å². The van der Waals surface area contributed by atoms with Gasteiger partial charge in [0.15, 0.2) is 5.96 Å². The van der Waals surface area contributed by atoms with Crippen LogP contribution in [0, 0.1) is 17.2 Å². The zero-order valence-electron chi connectivity index (χ0n) is 15.5. The number of nitrogens with one attached hydrogen (secondary N) is 1. The van der Waals surface area contributed by atoms with E-state index in [4.69, 9.17) is 34.7 Å². The lowest BCUT2D eigenvalue weighted by atomic mass is 9.97. The number of nitrogens with zero attached hydrogens (tertiary/aromatic N) is 3. The van der Waals surface area contributed by atoms with Gasteiger partial charge in [-0.1, -0.05) is 36.2 Å². The van der Waals surface area contributed by atoms with E-state index in [0.717, 1.165) is 12.0 Å². The van der Waals surface area contributed by atoms with Crippen LogP contribution in [0.1, 0.15) is 31.4 Å². The summed E-state index contributed by atoms with van der Waals surface area (Å²) in [5.74, 6) is 0.924. The number of amidine groups is 1. The number of guanidine groups is 1. The zero-order chi connectivity index (χ0) is 20.5. The van der Waals surface area contributed by atoms with Gasteiger partial charge in [-0.15, -0.1) is 0 Å². The molecule has 8 heteroatoms. The summed E-state index contributed by atoms with van der Waals surface area (Å²) in [7, 11) is 0. The molecule has 2 aromatic carbocycles. The average molecular weight is 415 g/mol. The normalized spacial score (nSPS) is 21.9. The molecule has 0 bridgehead atoms. The van der Waals surface area contributed by atoms with Crippen LogP contribution in [0.2, 0.25) is 10.0 Å². The molecule has 1 fully saturated rings. The molecule has 6 nitrogen and oxygen atoms in total. The molecule has 1 saturated carbocycles. The molecule has 2 unspecified atom stereocenters. The summed E-state index contributed by atoms with van der Waals surface area (Å²) >= 11 is 12.0. The Morgan fingerprint density at radius 2 is 2.00 bits per heavy atom. The van der Waals surface area contributed by atoms with E-state index in [0.29, 0.717) is 38.7 Å². The van der Waals surface area contributed by atoms with E-state index in [2.05, 4.69) is 28.3 Å². The van der Waals surface area contributed by atoms with Crippen molar-refractivity contribution >= 4 is 46.4 Å². The Balaban J connectivity index is 1.78. The monoisotopic (exact) mass is 414 g/mol. The lowest BCUT2D eigenvalue weighted by molar-refractivity contribution is 0.663. The van der Waals surface area contributed by atoms with E-state index < -0.39 is 5.54 Å². The summed E-state index contributed by atoms with van der Waals surface area (Å²) in [6.07, 6.45) is 0.876. The number of hydrogen-bond acceptors (Lipinski definition) is 3.